The molecule has 1 aliphatic rings. The Balaban J connectivity index is 1.34. The normalized spacial score (nSPS) is 14.5. The highest BCUT2D eigenvalue weighted by Gasteiger charge is 2.38. The Bertz CT molecular complexity index is 1680. The molecule has 0 aliphatic carbocycles. The number of nitrogens with one attached hydrogen (secondary N) is 1. The Morgan fingerprint density at radius 2 is 1.71 bits per heavy atom. The van der Waals surface area contributed by atoms with Crippen LogP contribution in [0.25, 0.3) is 16.9 Å². The molecular weight excluding hydrogens is 625 g/mol. The average Bonchev–Trinajstić information content (AvgIpc) is 3.38. The predicted molar refractivity (Wildman–Crippen MR) is 148 cm³/mol. The molecule has 0 unspecified atom stereocenters. The van der Waals surface area contributed by atoms with Gasteiger partial charge in [-0.25, -0.2) is 22.6 Å². The number of carbonyl (C=O) groups is 2. The van der Waals surface area contributed by atoms with Crippen LogP contribution in [-0.4, -0.2) is 66.2 Å². The van der Waals surface area contributed by atoms with E-state index in [1.807, 2.05) is 6.92 Å². The minimum absolute atomic E-state index is 0.0580. The van der Waals surface area contributed by atoms with Crippen LogP contribution in [0.3, 0.4) is 0 Å². The zero-order valence-corrected chi connectivity index (χ0v) is 25.3. The second-order valence-electron chi connectivity index (χ2n) is 11.0. The summed E-state index contributed by atoms with van der Waals surface area (Å²) in [7, 11) is -4.44. The Kier molecular flexibility index (Phi) is 9.27. The number of nitrogens with zero attached hydrogens (tertiary/aromatic N) is 5. The number of hydrogen-bond donors (Lipinski definition) is 1. The number of esters is 1. The van der Waals surface area contributed by atoms with Gasteiger partial charge in [0.1, 0.15) is 19.2 Å². The molecule has 1 amide bonds. The van der Waals surface area contributed by atoms with E-state index in [1.165, 1.54) is 12.1 Å². The molecule has 2 heterocycles. The summed E-state index contributed by atoms with van der Waals surface area (Å²) >= 11 is 0. The second kappa shape index (κ2) is 12.6. The summed E-state index contributed by atoms with van der Waals surface area (Å²) in [6, 6.07) is 12.3. The predicted octanol–water partition coefficient (Wildman–Crippen LogP) is 4.32. The number of hydrazine groups is 1. The van der Waals surface area contributed by atoms with E-state index in [-0.39, 0.29) is 34.3 Å². The van der Waals surface area contributed by atoms with Gasteiger partial charge in [-0.1, -0.05) is 29.8 Å². The number of halogens is 3. The maximum absolute atomic E-state index is 13.5. The maximum Gasteiger partial charge on any atom is 0.435 e. The van der Waals surface area contributed by atoms with E-state index < -0.39 is 52.3 Å². The van der Waals surface area contributed by atoms with Crippen LogP contribution in [-0.2, 0) is 35.3 Å². The summed E-state index contributed by atoms with van der Waals surface area (Å²) in [6.07, 6.45) is -6.88. The lowest BCUT2D eigenvalue weighted by Gasteiger charge is -2.33. The molecule has 14 nitrogen and oxygen atoms in total. The monoisotopic (exact) mass is 654 g/mol. The number of ether oxygens (including phenoxy) is 2. The molecule has 45 heavy (non-hydrogen) atoms. The number of rotatable bonds is 9. The van der Waals surface area contributed by atoms with Crippen molar-refractivity contribution in [1.82, 2.24) is 19.5 Å². The molecule has 0 saturated carbocycles. The van der Waals surface area contributed by atoms with Crippen LogP contribution in [0.1, 0.15) is 32.0 Å². The van der Waals surface area contributed by atoms with Crippen molar-refractivity contribution < 1.29 is 50.5 Å². The SMILES string of the molecule is Cc1ccc(-c2cc(C(F)(F)F)nn2-c2ccc(S(=O)(=O)NC(=O)OC3CN(/[N+]([O-])=N/OCOC(=O)C(C)(C)C)C3)cc2)cc1. The van der Waals surface area contributed by atoms with Crippen LogP contribution >= 0.6 is 0 Å². The quantitative estimate of drug-likeness (QED) is 0.0876. The lowest BCUT2D eigenvalue weighted by molar-refractivity contribution is -0.727. The molecule has 1 aromatic heterocycles. The van der Waals surface area contributed by atoms with E-state index in [2.05, 4.69) is 15.2 Å². The first-order valence-corrected chi connectivity index (χ1v) is 14.7. The van der Waals surface area contributed by atoms with Crippen LogP contribution in [0.15, 0.2) is 64.8 Å². The fourth-order valence-electron chi connectivity index (χ4n) is 3.81. The first-order chi connectivity index (χ1) is 20.9. The number of amides is 1. The summed E-state index contributed by atoms with van der Waals surface area (Å²) in [6.45, 7) is 5.87. The third-order valence-corrected chi connectivity index (χ3v) is 7.61. The third kappa shape index (κ3) is 8.20. The molecule has 3 aromatic rings. The van der Waals surface area contributed by atoms with Crippen molar-refractivity contribution >= 4 is 22.1 Å². The van der Waals surface area contributed by atoms with Gasteiger partial charge in [0.25, 0.3) is 16.8 Å². The number of hydrogen-bond acceptors (Lipinski definition) is 10. The van der Waals surface area contributed by atoms with Crippen LogP contribution < -0.4 is 4.72 Å². The van der Waals surface area contributed by atoms with Gasteiger partial charge in [-0.3, -0.25) is 4.79 Å². The van der Waals surface area contributed by atoms with Crippen LogP contribution in [0.4, 0.5) is 18.0 Å². The van der Waals surface area contributed by atoms with Crippen molar-refractivity contribution in [2.24, 2.45) is 10.7 Å². The molecule has 0 bridgehead atoms. The van der Waals surface area contributed by atoms with E-state index in [1.54, 1.807) is 49.8 Å². The lowest BCUT2D eigenvalue weighted by Crippen LogP contribution is -2.56. The van der Waals surface area contributed by atoms with Crippen LogP contribution in [0.2, 0.25) is 0 Å². The van der Waals surface area contributed by atoms with E-state index in [0.29, 0.717) is 5.56 Å². The molecule has 2 aromatic carbocycles. The van der Waals surface area contributed by atoms with Crippen molar-refractivity contribution in [3.8, 4) is 16.9 Å². The average molecular weight is 655 g/mol. The van der Waals surface area contributed by atoms with E-state index >= 15 is 0 Å². The lowest BCUT2D eigenvalue weighted by atomic mass is 9.98. The van der Waals surface area contributed by atoms with Crippen molar-refractivity contribution in [3.05, 3.63) is 71.1 Å². The summed E-state index contributed by atoms with van der Waals surface area (Å²) in [4.78, 5) is 28.2. The highest BCUT2D eigenvalue weighted by molar-refractivity contribution is 7.90. The first kappa shape index (κ1) is 33.0. The fraction of sp³-hybridized carbons (Fsp3) is 0.370. The van der Waals surface area contributed by atoms with Gasteiger partial charge < -0.3 is 19.5 Å². The highest BCUT2D eigenvalue weighted by Crippen LogP contribution is 2.33. The number of aromatic nitrogens is 2. The van der Waals surface area contributed by atoms with E-state index in [4.69, 9.17) is 9.47 Å². The van der Waals surface area contributed by atoms with Crippen LogP contribution in [0, 0.1) is 17.5 Å². The third-order valence-electron chi connectivity index (χ3n) is 6.28. The van der Waals surface area contributed by atoms with Gasteiger partial charge >= 0.3 is 18.2 Å². The molecule has 4 rings (SSSR count). The summed E-state index contributed by atoms with van der Waals surface area (Å²) in [5.74, 6) is -0.561. The molecule has 242 valence electrons. The molecule has 0 atom stereocenters. The minimum Gasteiger partial charge on any atom is -0.569 e. The zero-order chi connectivity index (χ0) is 33.2. The first-order valence-electron chi connectivity index (χ1n) is 13.2. The van der Waals surface area contributed by atoms with Gasteiger partial charge in [0.05, 0.1) is 26.7 Å². The van der Waals surface area contributed by atoms with E-state index in [0.717, 1.165) is 33.5 Å². The molecule has 0 radical (unpaired) electrons. The van der Waals surface area contributed by atoms with Crippen molar-refractivity contribution in [2.45, 2.75) is 44.9 Å². The topological polar surface area (TPSA) is 167 Å². The molecule has 1 fully saturated rings. The number of aryl methyl sites for hydroxylation is 1. The molecule has 18 heteroatoms. The summed E-state index contributed by atoms with van der Waals surface area (Å²) in [5.41, 5.74) is -0.258. The van der Waals surface area contributed by atoms with Gasteiger partial charge in [-0.2, -0.15) is 18.3 Å². The van der Waals surface area contributed by atoms with Gasteiger partial charge in [-0.15, -0.1) is 5.01 Å². The van der Waals surface area contributed by atoms with Gasteiger partial charge in [0.15, 0.2) is 5.69 Å². The number of benzene rings is 2. The molecule has 1 aliphatic heterocycles. The molecule has 1 saturated heterocycles. The molecule has 0 spiro atoms. The van der Waals surface area contributed by atoms with Crippen molar-refractivity contribution in [3.63, 3.8) is 0 Å². The number of alkyl halides is 3. The maximum atomic E-state index is 13.5. The number of sulfonamides is 1. The van der Waals surface area contributed by atoms with Crippen LogP contribution in [0.5, 0.6) is 0 Å². The standard InChI is InChI=1S/C27H29F3N6O8S/c1-17-5-7-18(8-6-17)22-13-23(27(28,29)30)31-35(22)19-9-11-21(12-10-19)45(40,41)32-25(38)44-20-14-34(15-20)36(39)33-43-16-42-24(37)26(2,3)4/h5-13,20H,14-16H2,1-4H3,(H,32,38)/b36-33-. The Hall–Kier alpha value is -4.87. The number of carbonyl (C=O) groups excluding carboxylic acids is 2. The summed E-state index contributed by atoms with van der Waals surface area (Å²) < 4.78 is 78.5. The van der Waals surface area contributed by atoms with Gasteiger partial charge in [0.2, 0.25) is 5.28 Å². The molecule has 1 N–H and O–H groups in total. The minimum atomic E-state index is -4.72. The smallest absolute Gasteiger partial charge is 0.435 e. The Labute approximate surface area is 255 Å². The Morgan fingerprint density at radius 1 is 1.09 bits per heavy atom. The van der Waals surface area contributed by atoms with Gasteiger partial charge in [0, 0.05) is 5.56 Å². The summed E-state index contributed by atoms with van der Waals surface area (Å²) in [5, 5.41) is 19.8. The van der Waals surface area contributed by atoms with Gasteiger partial charge in [-0.05, 0) is 58.0 Å². The zero-order valence-electron chi connectivity index (χ0n) is 24.4. The van der Waals surface area contributed by atoms with Crippen molar-refractivity contribution in [1.29, 1.82) is 0 Å². The largest absolute Gasteiger partial charge is 0.569 e. The van der Waals surface area contributed by atoms with Crippen molar-refractivity contribution in [2.75, 3.05) is 19.9 Å². The van der Waals surface area contributed by atoms with E-state index in [9.17, 15) is 36.4 Å². The Morgan fingerprint density at radius 3 is 2.29 bits per heavy atom. The fourth-order valence-corrected chi connectivity index (χ4v) is 4.69. The second-order valence-corrected chi connectivity index (χ2v) is 12.6. The molecular formula is C27H29F3N6O8S. The highest BCUT2D eigenvalue weighted by atomic mass is 32.2.